The Morgan fingerprint density at radius 1 is 0.688 bits per heavy atom. The average molecular weight is 211 g/mol. The van der Waals surface area contributed by atoms with Gasteiger partial charge in [0.05, 0.1) is 5.69 Å². The maximum absolute atomic E-state index is 4.25. The summed E-state index contributed by atoms with van der Waals surface area (Å²) in [6, 6.07) is 16.1. The van der Waals surface area contributed by atoms with Crippen molar-refractivity contribution in [3.8, 4) is 11.3 Å². The normalized spacial score (nSPS) is 7.75. The molecule has 0 fully saturated rings. The van der Waals surface area contributed by atoms with E-state index in [2.05, 4.69) is 43.4 Å². The minimum absolute atomic E-state index is 1.03. The van der Waals surface area contributed by atoms with Crippen LogP contribution in [0.25, 0.3) is 11.3 Å². The summed E-state index contributed by atoms with van der Waals surface area (Å²) in [5, 5.41) is 0. The van der Waals surface area contributed by atoms with Gasteiger partial charge in [0.25, 0.3) is 0 Å². The molecule has 0 aliphatic rings. The monoisotopic (exact) mass is 211 g/mol. The number of hydrogen-bond acceptors (Lipinski definition) is 1. The highest BCUT2D eigenvalue weighted by atomic mass is 14.7. The van der Waals surface area contributed by atoms with Crippen molar-refractivity contribution in [3.63, 3.8) is 0 Å². The minimum atomic E-state index is 1.03. The van der Waals surface area contributed by atoms with Gasteiger partial charge >= 0.3 is 0 Å². The van der Waals surface area contributed by atoms with E-state index in [0.717, 1.165) is 11.3 Å². The second-order valence-corrected chi connectivity index (χ2v) is 2.58. The van der Waals surface area contributed by atoms with Crippen LogP contribution in [0.2, 0.25) is 0 Å². The number of rotatable bonds is 1. The van der Waals surface area contributed by atoms with E-state index in [-0.39, 0.29) is 0 Å². The molecule has 0 saturated heterocycles. The Kier molecular flexibility index (Phi) is 8.14. The molecular weight excluding hydrogens is 194 g/mol. The van der Waals surface area contributed by atoms with Crippen LogP contribution < -0.4 is 0 Å². The van der Waals surface area contributed by atoms with Crippen LogP contribution in [0.15, 0.2) is 81.0 Å². The molecule has 1 heteroatoms. The molecule has 1 aromatic heterocycles. The van der Waals surface area contributed by atoms with E-state index in [1.165, 1.54) is 0 Å². The second kappa shape index (κ2) is 9.41. The van der Waals surface area contributed by atoms with Crippen molar-refractivity contribution < 1.29 is 0 Å². The van der Waals surface area contributed by atoms with Crippen molar-refractivity contribution in [2.24, 2.45) is 0 Å². The number of benzene rings is 1. The molecule has 16 heavy (non-hydrogen) atoms. The second-order valence-electron chi connectivity index (χ2n) is 2.58. The van der Waals surface area contributed by atoms with Gasteiger partial charge in [0.1, 0.15) is 0 Å². The summed E-state index contributed by atoms with van der Waals surface area (Å²) in [4.78, 5) is 4.25. The first-order chi connectivity index (χ1) is 7.97. The topological polar surface area (TPSA) is 12.9 Å². The Labute approximate surface area is 97.8 Å². The lowest BCUT2D eigenvalue weighted by atomic mass is 10.1. The van der Waals surface area contributed by atoms with E-state index in [0.29, 0.717) is 0 Å². The third-order valence-corrected chi connectivity index (χ3v) is 1.73. The lowest BCUT2D eigenvalue weighted by Gasteiger charge is -1.97. The molecule has 0 saturated carbocycles. The van der Waals surface area contributed by atoms with Crippen molar-refractivity contribution in [2.45, 2.75) is 0 Å². The summed E-state index contributed by atoms with van der Waals surface area (Å²) >= 11 is 0. The van der Waals surface area contributed by atoms with E-state index >= 15 is 0 Å². The predicted octanol–water partition coefficient (Wildman–Crippen LogP) is 4.35. The van der Waals surface area contributed by atoms with Crippen LogP contribution in [0, 0.1) is 0 Å². The Morgan fingerprint density at radius 3 is 1.75 bits per heavy atom. The molecule has 0 aliphatic carbocycles. The van der Waals surface area contributed by atoms with Gasteiger partial charge in [-0.2, -0.15) is 0 Å². The van der Waals surface area contributed by atoms with Gasteiger partial charge in [-0.05, 0) is 12.1 Å². The highest BCUT2D eigenvalue weighted by molar-refractivity contribution is 5.58. The molecule has 82 valence electrons. The number of nitrogens with zero attached hydrogens (tertiary/aromatic N) is 1. The van der Waals surface area contributed by atoms with Crippen molar-refractivity contribution in [2.75, 3.05) is 0 Å². The number of aromatic nitrogens is 1. The molecule has 0 bridgehead atoms. The van der Waals surface area contributed by atoms with Gasteiger partial charge in [0.15, 0.2) is 0 Å². The molecule has 1 nitrogen and oxygen atoms in total. The molecule has 2 aromatic rings. The zero-order valence-corrected chi connectivity index (χ0v) is 9.47. The third-order valence-electron chi connectivity index (χ3n) is 1.73. The smallest absolute Gasteiger partial charge is 0.0701 e. The molecule has 1 heterocycles. The van der Waals surface area contributed by atoms with E-state index in [1.54, 1.807) is 0 Å². The molecular formula is C15H17N. The third kappa shape index (κ3) is 4.38. The fourth-order valence-corrected chi connectivity index (χ4v) is 1.14. The summed E-state index contributed by atoms with van der Waals surface area (Å²) in [5.74, 6) is 0. The van der Waals surface area contributed by atoms with Crippen LogP contribution in [0.4, 0.5) is 0 Å². The summed E-state index contributed by atoms with van der Waals surface area (Å²) in [6.07, 6.45) is 1.81. The number of pyridine rings is 1. The Bertz CT molecular complexity index is 328. The zero-order valence-electron chi connectivity index (χ0n) is 9.47. The Hall–Kier alpha value is -2.15. The minimum Gasteiger partial charge on any atom is -0.256 e. The summed E-state index contributed by atoms with van der Waals surface area (Å²) in [5.41, 5.74) is 2.19. The fraction of sp³-hybridized carbons (Fsp3) is 0. The molecule has 0 amide bonds. The summed E-state index contributed by atoms with van der Waals surface area (Å²) < 4.78 is 0. The summed E-state index contributed by atoms with van der Waals surface area (Å²) in [7, 11) is 0. The predicted molar refractivity (Wildman–Crippen MR) is 72.2 cm³/mol. The first-order valence-corrected chi connectivity index (χ1v) is 4.93. The molecule has 0 atom stereocenters. The van der Waals surface area contributed by atoms with Crippen molar-refractivity contribution >= 4 is 0 Å². The standard InChI is InChI=1S/C11H9N.2C2H4/c1-2-6-10(7-3-1)11-8-4-5-9-12-11;2*1-2/h1-9H;2*1-2H2. The zero-order chi connectivity index (χ0) is 12.2. The fourth-order valence-electron chi connectivity index (χ4n) is 1.14. The van der Waals surface area contributed by atoms with Gasteiger partial charge in [-0.25, -0.2) is 0 Å². The molecule has 0 unspecified atom stereocenters. The van der Waals surface area contributed by atoms with Gasteiger partial charge in [-0.3, -0.25) is 4.98 Å². The van der Waals surface area contributed by atoms with Crippen LogP contribution in [0.3, 0.4) is 0 Å². The maximum Gasteiger partial charge on any atom is 0.0701 e. The van der Waals surface area contributed by atoms with Crippen LogP contribution >= 0.6 is 0 Å². The first-order valence-electron chi connectivity index (χ1n) is 4.93. The lowest BCUT2D eigenvalue weighted by molar-refractivity contribution is 1.33. The molecule has 0 radical (unpaired) electrons. The van der Waals surface area contributed by atoms with Crippen molar-refractivity contribution in [3.05, 3.63) is 81.0 Å². The van der Waals surface area contributed by atoms with Gasteiger partial charge in [-0.1, -0.05) is 36.4 Å². The van der Waals surface area contributed by atoms with Crippen LogP contribution in [0.5, 0.6) is 0 Å². The first kappa shape index (κ1) is 13.8. The van der Waals surface area contributed by atoms with Gasteiger partial charge in [0.2, 0.25) is 0 Å². The quantitative estimate of drug-likeness (QED) is 0.639. The average Bonchev–Trinajstić information content (AvgIpc) is 2.45. The maximum atomic E-state index is 4.25. The van der Waals surface area contributed by atoms with Gasteiger partial charge < -0.3 is 0 Å². The molecule has 0 aliphatic heterocycles. The van der Waals surface area contributed by atoms with E-state index in [1.807, 2.05) is 42.6 Å². The Balaban J connectivity index is 0.000000509. The molecule has 1 aromatic carbocycles. The Morgan fingerprint density at radius 2 is 1.25 bits per heavy atom. The number of hydrogen-bond donors (Lipinski definition) is 0. The summed E-state index contributed by atoms with van der Waals surface area (Å²) in [6.45, 7) is 12.0. The van der Waals surface area contributed by atoms with Crippen LogP contribution in [-0.2, 0) is 0 Å². The largest absolute Gasteiger partial charge is 0.256 e. The van der Waals surface area contributed by atoms with E-state index in [9.17, 15) is 0 Å². The SMILES string of the molecule is C=C.C=C.c1ccc(-c2ccccn2)cc1. The van der Waals surface area contributed by atoms with Gasteiger partial charge in [-0.15, -0.1) is 26.3 Å². The molecule has 0 N–H and O–H groups in total. The van der Waals surface area contributed by atoms with Gasteiger partial charge in [0, 0.05) is 11.8 Å². The van der Waals surface area contributed by atoms with E-state index in [4.69, 9.17) is 0 Å². The van der Waals surface area contributed by atoms with Crippen LogP contribution in [0.1, 0.15) is 0 Å². The van der Waals surface area contributed by atoms with Crippen LogP contribution in [-0.4, -0.2) is 4.98 Å². The van der Waals surface area contributed by atoms with Crippen molar-refractivity contribution in [1.29, 1.82) is 0 Å². The molecule has 0 spiro atoms. The molecule has 2 rings (SSSR count). The highest BCUT2D eigenvalue weighted by Gasteiger charge is 1.93. The van der Waals surface area contributed by atoms with Crippen molar-refractivity contribution in [1.82, 2.24) is 4.98 Å². The lowest BCUT2D eigenvalue weighted by Crippen LogP contribution is -1.79. The van der Waals surface area contributed by atoms with E-state index < -0.39 is 0 Å². The highest BCUT2D eigenvalue weighted by Crippen LogP contribution is 2.14.